The second-order valence-electron chi connectivity index (χ2n) is 9.69. The number of likely N-dealkylation sites (N-methyl/N-ethyl adjacent to an activating group) is 1. The van der Waals surface area contributed by atoms with Crippen LogP contribution in [0.4, 0.5) is 5.82 Å². The topological polar surface area (TPSA) is 137 Å². The number of nitrogens with zero attached hydrogens (tertiary/aromatic N) is 4. The highest BCUT2D eigenvalue weighted by atomic mass is 35.5. The van der Waals surface area contributed by atoms with Gasteiger partial charge in [0.15, 0.2) is 5.01 Å². The Bertz CT molecular complexity index is 1190. The largest absolute Gasteiger partial charge is 0.349 e. The minimum Gasteiger partial charge on any atom is -0.349 e. The zero-order valence-corrected chi connectivity index (χ0v) is 22.5. The van der Waals surface area contributed by atoms with E-state index in [1.807, 2.05) is 7.05 Å². The van der Waals surface area contributed by atoms with Crippen LogP contribution in [0.5, 0.6) is 0 Å². The molecule has 0 spiro atoms. The monoisotopic (exact) mass is 547 g/mol. The number of hydrogen-bond donors (Lipinski definition) is 3. The van der Waals surface area contributed by atoms with E-state index >= 15 is 0 Å². The van der Waals surface area contributed by atoms with E-state index in [1.165, 1.54) is 29.7 Å². The van der Waals surface area contributed by atoms with Crippen LogP contribution in [0.2, 0.25) is 5.02 Å². The number of fused-ring (bicyclic) bond motifs is 1. The molecule has 13 heteroatoms. The second-order valence-corrected chi connectivity index (χ2v) is 11.2. The first-order valence-corrected chi connectivity index (χ1v) is 13.2. The van der Waals surface area contributed by atoms with E-state index in [1.54, 1.807) is 19.0 Å². The van der Waals surface area contributed by atoms with Crippen molar-refractivity contribution in [3.05, 3.63) is 38.9 Å². The molecule has 2 aromatic heterocycles. The molecule has 37 heavy (non-hydrogen) atoms. The Morgan fingerprint density at radius 1 is 1.14 bits per heavy atom. The zero-order valence-electron chi connectivity index (χ0n) is 21.0. The number of rotatable bonds is 5. The average molecular weight is 548 g/mol. The molecule has 0 radical (unpaired) electrons. The molecular formula is C24H30ClN7O4S. The van der Waals surface area contributed by atoms with Gasteiger partial charge in [0.1, 0.15) is 11.5 Å². The summed E-state index contributed by atoms with van der Waals surface area (Å²) in [6, 6.07) is 3.02. The van der Waals surface area contributed by atoms with Crippen LogP contribution in [0.3, 0.4) is 0 Å². The lowest BCUT2D eigenvalue weighted by molar-refractivity contribution is -0.139. The number of pyridine rings is 1. The van der Waals surface area contributed by atoms with Crippen molar-refractivity contribution >= 4 is 52.4 Å². The van der Waals surface area contributed by atoms with Gasteiger partial charge in [-0.3, -0.25) is 19.2 Å². The standard InChI is InChI=1S/C24H30ClN7O4S/c1-31(2)23(36)14-6-9-24(10-7-14,29-20(34)19(33)28-18-5-4-15(25)12-26-18)30-21(35)22-27-16-8-11-32(3)13-17(16)37-22/h4-5,12,14H,6-11,13H2,1-3H3,(H,29,34)(H,30,35)(H,26,28,33)/t14-,24+. The molecule has 3 heterocycles. The minimum absolute atomic E-state index is 0.00507. The van der Waals surface area contributed by atoms with Gasteiger partial charge in [0.05, 0.1) is 10.7 Å². The summed E-state index contributed by atoms with van der Waals surface area (Å²) in [6.07, 6.45) is 3.58. The number of carbonyl (C=O) groups is 4. The fraction of sp³-hybridized carbons (Fsp3) is 0.500. The fourth-order valence-corrected chi connectivity index (χ4v) is 5.79. The van der Waals surface area contributed by atoms with Crippen molar-refractivity contribution in [3.63, 3.8) is 0 Å². The van der Waals surface area contributed by atoms with Crippen LogP contribution < -0.4 is 16.0 Å². The summed E-state index contributed by atoms with van der Waals surface area (Å²) in [4.78, 5) is 64.6. The first-order valence-electron chi connectivity index (χ1n) is 12.0. The molecule has 2 aliphatic rings. The molecule has 0 atom stereocenters. The first kappa shape index (κ1) is 27.0. The highest BCUT2D eigenvalue weighted by Gasteiger charge is 2.42. The maximum absolute atomic E-state index is 13.3. The van der Waals surface area contributed by atoms with E-state index in [2.05, 4.69) is 30.8 Å². The van der Waals surface area contributed by atoms with Gasteiger partial charge in [0.2, 0.25) is 5.91 Å². The second kappa shape index (κ2) is 11.1. The summed E-state index contributed by atoms with van der Waals surface area (Å²) in [5, 5.41) is 8.81. The maximum atomic E-state index is 13.3. The summed E-state index contributed by atoms with van der Waals surface area (Å²) >= 11 is 7.16. The predicted octanol–water partition coefficient (Wildman–Crippen LogP) is 1.64. The van der Waals surface area contributed by atoms with E-state index in [0.717, 1.165) is 30.1 Å². The molecule has 2 aromatic rings. The normalized spacial score (nSPS) is 21.5. The van der Waals surface area contributed by atoms with E-state index in [9.17, 15) is 19.2 Å². The summed E-state index contributed by atoms with van der Waals surface area (Å²) in [6.45, 7) is 1.60. The molecule has 1 aliphatic heterocycles. The Kier molecular flexibility index (Phi) is 8.10. The Morgan fingerprint density at radius 3 is 2.51 bits per heavy atom. The quantitative estimate of drug-likeness (QED) is 0.382. The highest BCUT2D eigenvalue weighted by molar-refractivity contribution is 7.13. The number of halogens is 1. The maximum Gasteiger partial charge on any atom is 0.314 e. The van der Waals surface area contributed by atoms with Crippen LogP contribution >= 0.6 is 22.9 Å². The Morgan fingerprint density at radius 2 is 1.86 bits per heavy atom. The number of hydrogen-bond acceptors (Lipinski definition) is 8. The lowest BCUT2D eigenvalue weighted by atomic mass is 9.80. The molecule has 0 bridgehead atoms. The van der Waals surface area contributed by atoms with Crippen LogP contribution in [0.25, 0.3) is 0 Å². The van der Waals surface area contributed by atoms with Gasteiger partial charge in [-0.05, 0) is 44.9 Å². The third-order valence-electron chi connectivity index (χ3n) is 6.63. The number of aromatic nitrogens is 2. The SMILES string of the molecule is CN1CCc2nc(C(=O)N[C@]3(NC(=O)C(=O)Nc4ccc(Cl)cn4)CC[C@H](C(=O)N(C)C)CC3)sc2C1. The average Bonchev–Trinajstić information content (AvgIpc) is 3.29. The van der Waals surface area contributed by atoms with Gasteiger partial charge in [0, 0.05) is 50.6 Å². The lowest BCUT2D eigenvalue weighted by Crippen LogP contribution is -2.64. The molecule has 11 nitrogen and oxygen atoms in total. The van der Waals surface area contributed by atoms with Crippen molar-refractivity contribution in [1.29, 1.82) is 0 Å². The van der Waals surface area contributed by atoms with Crippen LogP contribution in [-0.4, -0.2) is 76.7 Å². The van der Waals surface area contributed by atoms with Crippen LogP contribution in [0, 0.1) is 5.92 Å². The zero-order chi connectivity index (χ0) is 26.7. The number of thiazole rings is 1. The number of anilines is 1. The number of nitrogens with one attached hydrogen (secondary N) is 3. The Hall–Kier alpha value is -3.09. The van der Waals surface area contributed by atoms with Gasteiger partial charge >= 0.3 is 11.8 Å². The summed E-state index contributed by atoms with van der Waals surface area (Å²) in [5.41, 5.74) is -0.285. The summed E-state index contributed by atoms with van der Waals surface area (Å²) in [7, 11) is 5.42. The predicted molar refractivity (Wildman–Crippen MR) is 139 cm³/mol. The highest BCUT2D eigenvalue weighted by Crippen LogP contribution is 2.32. The molecule has 1 saturated carbocycles. The summed E-state index contributed by atoms with van der Waals surface area (Å²) < 4.78 is 0. The van der Waals surface area contributed by atoms with Gasteiger partial charge in [-0.25, -0.2) is 9.97 Å². The van der Waals surface area contributed by atoms with Crippen molar-refractivity contribution in [1.82, 2.24) is 30.4 Å². The van der Waals surface area contributed by atoms with E-state index in [-0.39, 0.29) is 30.5 Å². The number of carbonyl (C=O) groups excluding carboxylic acids is 4. The molecule has 0 saturated heterocycles. The molecule has 1 aliphatic carbocycles. The van der Waals surface area contributed by atoms with Gasteiger partial charge in [-0.1, -0.05) is 11.6 Å². The third-order valence-corrected chi connectivity index (χ3v) is 7.93. The molecular weight excluding hydrogens is 518 g/mol. The van der Waals surface area contributed by atoms with Crippen LogP contribution in [0.1, 0.15) is 46.1 Å². The van der Waals surface area contributed by atoms with Crippen molar-refractivity contribution in [2.75, 3.05) is 33.0 Å². The molecule has 0 unspecified atom stereocenters. The van der Waals surface area contributed by atoms with E-state index < -0.39 is 23.4 Å². The Labute approximate surface area is 224 Å². The fourth-order valence-electron chi connectivity index (χ4n) is 4.59. The number of amides is 4. The van der Waals surface area contributed by atoms with E-state index in [4.69, 9.17) is 11.6 Å². The first-order chi connectivity index (χ1) is 17.5. The smallest absolute Gasteiger partial charge is 0.314 e. The molecule has 1 fully saturated rings. The Balaban J connectivity index is 1.50. The molecule has 0 aromatic carbocycles. The van der Waals surface area contributed by atoms with Crippen LogP contribution in [-0.2, 0) is 27.3 Å². The van der Waals surface area contributed by atoms with E-state index in [0.29, 0.717) is 22.9 Å². The van der Waals surface area contributed by atoms with Gasteiger partial charge in [-0.2, -0.15) is 0 Å². The van der Waals surface area contributed by atoms with Crippen molar-refractivity contribution < 1.29 is 19.2 Å². The molecule has 3 N–H and O–H groups in total. The minimum atomic E-state index is -1.20. The van der Waals surface area contributed by atoms with Crippen molar-refractivity contribution in [2.24, 2.45) is 5.92 Å². The molecule has 4 rings (SSSR count). The van der Waals surface area contributed by atoms with Gasteiger partial charge in [-0.15, -0.1) is 11.3 Å². The summed E-state index contributed by atoms with van der Waals surface area (Å²) in [5.74, 6) is -2.33. The van der Waals surface area contributed by atoms with Gasteiger partial charge < -0.3 is 25.8 Å². The van der Waals surface area contributed by atoms with Crippen LogP contribution in [0.15, 0.2) is 18.3 Å². The van der Waals surface area contributed by atoms with Crippen molar-refractivity contribution in [3.8, 4) is 0 Å². The lowest BCUT2D eigenvalue weighted by Gasteiger charge is -2.41. The third kappa shape index (κ3) is 6.43. The van der Waals surface area contributed by atoms with Gasteiger partial charge in [0.25, 0.3) is 5.91 Å². The van der Waals surface area contributed by atoms with Crippen molar-refractivity contribution in [2.45, 2.75) is 44.3 Å². The molecule has 4 amide bonds. The molecule has 198 valence electrons.